The minimum atomic E-state index is -0.519. The summed E-state index contributed by atoms with van der Waals surface area (Å²) in [6.07, 6.45) is 2.28. The van der Waals surface area contributed by atoms with E-state index in [1.165, 1.54) is 5.56 Å². The highest BCUT2D eigenvalue weighted by molar-refractivity contribution is 6.04. The summed E-state index contributed by atoms with van der Waals surface area (Å²) in [5.41, 5.74) is 2.69. The van der Waals surface area contributed by atoms with Gasteiger partial charge in [0.05, 0.1) is 18.9 Å². The second-order valence-corrected chi connectivity index (χ2v) is 7.90. The van der Waals surface area contributed by atoms with Crippen LogP contribution in [-0.2, 0) is 4.79 Å². The Balaban J connectivity index is 1.56. The minimum absolute atomic E-state index is 0.118. The van der Waals surface area contributed by atoms with Crippen molar-refractivity contribution in [2.75, 3.05) is 20.2 Å². The zero-order valence-electron chi connectivity index (χ0n) is 16.8. The van der Waals surface area contributed by atoms with Crippen molar-refractivity contribution in [3.05, 3.63) is 59.7 Å². The molecule has 150 valence electrons. The van der Waals surface area contributed by atoms with Crippen LogP contribution in [0.1, 0.15) is 43.4 Å². The summed E-state index contributed by atoms with van der Waals surface area (Å²) in [4.78, 5) is 13.7. The van der Waals surface area contributed by atoms with E-state index in [9.17, 15) is 4.79 Å². The van der Waals surface area contributed by atoms with E-state index in [-0.39, 0.29) is 11.9 Å². The molecule has 0 bridgehead atoms. The smallest absolute Gasteiger partial charge is 0.219 e. The number of methoxy groups -OCH3 is 1. The van der Waals surface area contributed by atoms with Gasteiger partial charge in [-0.2, -0.15) is 5.10 Å². The molecule has 1 spiro atoms. The molecule has 3 aliphatic heterocycles. The Hall–Kier alpha value is -3.02. The van der Waals surface area contributed by atoms with E-state index in [4.69, 9.17) is 14.6 Å². The number of benzene rings is 2. The summed E-state index contributed by atoms with van der Waals surface area (Å²) in [6.45, 7) is 2.99. The molecular weight excluding hydrogens is 366 g/mol. The summed E-state index contributed by atoms with van der Waals surface area (Å²) < 4.78 is 12.2. The van der Waals surface area contributed by atoms with E-state index >= 15 is 0 Å². The number of carbonyl (C=O) groups is 1. The molecule has 3 heterocycles. The number of rotatable bonds is 2. The third-order valence-corrected chi connectivity index (χ3v) is 6.31. The third-order valence-electron chi connectivity index (χ3n) is 6.31. The monoisotopic (exact) mass is 391 g/mol. The number of hydrazone groups is 1. The SMILES string of the molecule is COc1ccccc1C1=NN2C(C1)c1ccccc1OC21CCN(C(C)=O)CC1. The van der Waals surface area contributed by atoms with Crippen LogP contribution in [0.25, 0.3) is 0 Å². The maximum Gasteiger partial charge on any atom is 0.219 e. The number of piperidine rings is 1. The van der Waals surface area contributed by atoms with Crippen LogP contribution in [0.4, 0.5) is 0 Å². The number of para-hydroxylation sites is 2. The molecule has 1 saturated heterocycles. The van der Waals surface area contributed by atoms with Gasteiger partial charge in [-0.25, -0.2) is 5.01 Å². The molecular formula is C23H25N3O3. The van der Waals surface area contributed by atoms with Crippen LogP contribution in [-0.4, -0.2) is 47.5 Å². The van der Waals surface area contributed by atoms with Gasteiger partial charge in [-0.1, -0.05) is 30.3 Å². The van der Waals surface area contributed by atoms with Gasteiger partial charge >= 0.3 is 0 Å². The highest BCUT2D eigenvalue weighted by Crippen LogP contribution is 2.50. The van der Waals surface area contributed by atoms with Crippen molar-refractivity contribution >= 4 is 11.6 Å². The summed E-state index contributed by atoms with van der Waals surface area (Å²) >= 11 is 0. The number of nitrogens with zero attached hydrogens (tertiary/aromatic N) is 3. The lowest BCUT2D eigenvalue weighted by Crippen LogP contribution is -2.59. The summed E-state index contributed by atoms with van der Waals surface area (Å²) in [7, 11) is 1.69. The first-order valence-corrected chi connectivity index (χ1v) is 10.1. The van der Waals surface area contributed by atoms with Gasteiger partial charge in [-0.15, -0.1) is 0 Å². The predicted molar refractivity (Wildman–Crippen MR) is 110 cm³/mol. The molecule has 1 amide bonds. The fraction of sp³-hybridized carbons (Fsp3) is 0.391. The van der Waals surface area contributed by atoms with Crippen molar-refractivity contribution in [1.29, 1.82) is 0 Å². The number of ether oxygens (including phenoxy) is 2. The lowest BCUT2D eigenvalue weighted by Gasteiger charge is -2.51. The van der Waals surface area contributed by atoms with Crippen molar-refractivity contribution in [1.82, 2.24) is 9.91 Å². The fourth-order valence-corrected chi connectivity index (χ4v) is 4.78. The maximum atomic E-state index is 11.8. The molecule has 0 saturated carbocycles. The van der Waals surface area contributed by atoms with Gasteiger partial charge in [0.2, 0.25) is 11.6 Å². The fourth-order valence-electron chi connectivity index (χ4n) is 4.78. The van der Waals surface area contributed by atoms with Crippen LogP contribution in [0.5, 0.6) is 11.5 Å². The Morgan fingerprint density at radius 1 is 1.14 bits per heavy atom. The molecule has 2 aromatic carbocycles. The van der Waals surface area contributed by atoms with Crippen LogP contribution < -0.4 is 9.47 Å². The van der Waals surface area contributed by atoms with Crippen LogP contribution in [0.15, 0.2) is 53.6 Å². The molecule has 0 aromatic heterocycles. The second kappa shape index (κ2) is 6.79. The molecule has 5 rings (SSSR count). The standard InChI is InChI=1S/C23H25N3O3/c1-16(27)25-13-11-23(12-14-25)26-20(18-8-4-6-10-22(18)29-23)15-19(24-26)17-7-3-5-9-21(17)28-2/h3-10,20H,11-15H2,1-2H3. The Bertz CT molecular complexity index is 979. The highest BCUT2D eigenvalue weighted by atomic mass is 16.5. The number of fused-ring (bicyclic) bond motifs is 4. The van der Waals surface area contributed by atoms with Gasteiger partial charge in [0.1, 0.15) is 11.5 Å². The predicted octanol–water partition coefficient (Wildman–Crippen LogP) is 3.58. The van der Waals surface area contributed by atoms with Gasteiger partial charge in [0.15, 0.2) is 0 Å². The zero-order valence-corrected chi connectivity index (χ0v) is 16.8. The van der Waals surface area contributed by atoms with Crippen LogP contribution in [0.3, 0.4) is 0 Å². The largest absolute Gasteiger partial charge is 0.496 e. The molecule has 1 atom stereocenters. The Labute approximate surface area is 170 Å². The molecule has 6 nitrogen and oxygen atoms in total. The molecule has 0 N–H and O–H groups in total. The molecule has 6 heteroatoms. The summed E-state index contributed by atoms with van der Waals surface area (Å²) in [6, 6.07) is 16.4. The van der Waals surface area contributed by atoms with Crippen LogP contribution >= 0.6 is 0 Å². The van der Waals surface area contributed by atoms with Crippen molar-refractivity contribution in [2.45, 2.75) is 38.0 Å². The number of carbonyl (C=O) groups excluding carboxylic acids is 1. The lowest BCUT2D eigenvalue weighted by atomic mass is 9.90. The highest BCUT2D eigenvalue weighted by Gasteiger charge is 2.52. The van der Waals surface area contributed by atoms with Crippen LogP contribution in [0.2, 0.25) is 0 Å². The molecule has 2 aromatic rings. The van der Waals surface area contributed by atoms with Gasteiger partial charge in [-0.3, -0.25) is 4.79 Å². The van der Waals surface area contributed by atoms with Crippen molar-refractivity contribution in [3.8, 4) is 11.5 Å². The summed E-state index contributed by atoms with van der Waals surface area (Å²) in [5.74, 6) is 1.88. The van der Waals surface area contributed by atoms with E-state index < -0.39 is 5.72 Å². The van der Waals surface area contributed by atoms with Crippen LogP contribution in [0, 0.1) is 0 Å². The second-order valence-electron chi connectivity index (χ2n) is 7.90. The van der Waals surface area contributed by atoms with E-state index in [1.807, 2.05) is 35.2 Å². The normalized spacial score (nSPS) is 21.9. The van der Waals surface area contributed by atoms with Gasteiger partial charge < -0.3 is 14.4 Å². The molecule has 3 aliphatic rings. The Morgan fingerprint density at radius 2 is 1.86 bits per heavy atom. The maximum absolute atomic E-state index is 11.8. The number of likely N-dealkylation sites (tertiary alicyclic amines) is 1. The van der Waals surface area contributed by atoms with Crippen molar-refractivity contribution in [2.24, 2.45) is 5.10 Å². The first-order valence-electron chi connectivity index (χ1n) is 10.1. The molecule has 1 fully saturated rings. The minimum Gasteiger partial charge on any atom is -0.496 e. The van der Waals surface area contributed by atoms with E-state index in [0.717, 1.165) is 42.0 Å². The van der Waals surface area contributed by atoms with Gasteiger partial charge in [-0.05, 0) is 18.2 Å². The Kier molecular flexibility index (Phi) is 4.23. The Morgan fingerprint density at radius 3 is 2.62 bits per heavy atom. The molecule has 0 radical (unpaired) electrons. The first-order chi connectivity index (χ1) is 14.1. The average molecular weight is 391 g/mol. The average Bonchev–Trinajstić information content (AvgIpc) is 3.21. The lowest BCUT2D eigenvalue weighted by molar-refractivity contribution is -0.158. The number of amides is 1. The number of hydrogen-bond acceptors (Lipinski definition) is 5. The zero-order chi connectivity index (χ0) is 20.0. The quantitative estimate of drug-likeness (QED) is 0.785. The van der Waals surface area contributed by atoms with Crippen molar-refractivity contribution in [3.63, 3.8) is 0 Å². The van der Waals surface area contributed by atoms with E-state index in [1.54, 1.807) is 14.0 Å². The van der Waals surface area contributed by atoms with Gasteiger partial charge in [0, 0.05) is 50.4 Å². The van der Waals surface area contributed by atoms with Gasteiger partial charge in [0.25, 0.3) is 0 Å². The third kappa shape index (κ3) is 2.85. The molecule has 29 heavy (non-hydrogen) atoms. The first kappa shape index (κ1) is 18.0. The molecule has 1 unspecified atom stereocenters. The summed E-state index contributed by atoms with van der Waals surface area (Å²) in [5, 5.41) is 7.24. The topological polar surface area (TPSA) is 54.4 Å². The van der Waals surface area contributed by atoms with Crippen molar-refractivity contribution < 1.29 is 14.3 Å². The van der Waals surface area contributed by atoms with E-state index in [0.29, 0.717) is 13.1 Å². The van der Waals surface area contributed by atoms with E-state index in [2.05, 4.69) is 23.2 Å². The molecule has 0 aliphatic carbocycles. The number of hydrogen-bond donors (Lipinski definition) is 0.